The molecule has 4 nitrogen and oxygen atoms in total. The van der Waals surface area contributed by atoms with Gasteiger partial charge >= 0.3 is 0 Å². The van der Waals surface area contributed by atoms with Gasteiger partial charge in [0.2, 0.25) is 10.0 Å². The van der Waals surface area contributed by atoms with Gasteiger partial charge in [0.25, 0.3) is 0 Å². The molecule has 0 saturated heterocycles. The summed E-state index contributed by atoms with van der Waals surface area (Å²) in [5.74, 6) is 0. The van der Waals surface area contributed by atoms with E-state index in [-0.39, 0.29) is 0 Å². The third-order valence-electron chi connectivity index (χ3n) is 3.94. The maximum Gasteiger partial charge on any atom is 0.213 e. The monoisotopic (exact) mass is 420 g/mol. The van der Waals surface area contributed by atoms with Gasteiger partial charge in [-0.2, -0.15) is 5.26 Å². The van der Waals surface area contributed by atoms with Crippen LogP contribution in [0.2, 0.25) is 0 Å². The summed E-state index contributed by atoms with van der Waals surface area (Å²) in [6, 6.07) is 15.8. The molecule has 6 heteroatoms. The molecule has 0 heterocycles. The minimum atomic E-state index is -3.24. The fraction of sp³-hybridized carbons (Fsp3) is 0.316. The van der Waals surface area contributed by atoms with Crippen molar-refractivity contribution >= 4 is 26.0 Å². The molecule has 0 aromatic heterocycles. The summed E-state index contributed by atoms with van der Waals surface area (Å²) < 4.78 is 27.2. The Balaban J connectivity index is 2.16. The summed E-state index contributed by atoms with van der Waals surface area (Å²) in [7, 11) is -3.24. The van der Waals surface area contributed by atoms with Gasteiger partial charge in [-0.15, -0.1) is 0 Å². The van der Waals surface area contributed by atoms with Crippen LogP contribution in [0.1, 0.15) is 31.4 Å². The largest absolute Gasteiger partial charge is 0.215 e. The van der Waals surface area contributed by atoms with Gasteiger partial charge in [0, 0.05) is 11.0 Å². The van der Waals surface area contributed by atoms with Crippen molar-refractivity contribution in [3.05, 3.63) is 58.1 Å². The standard InChI is InChI=1S/C19H21BrN2O2S/c1-14(2)25(23,24)22-11-3-4-17-12-15(13-21)5-10-19(17)16-6-8-18(20)9-7-16/h5-10,12,14,22H,3-4,11H2,1-2H3. The molecule has 2 aromatic rings. The molecule has 0 bridgehead atoms. The number of hydrogen-bond acceptors (Lipinski definition) is 3. The zero-order valence-electron chi connectivity index (χ0n) is 14.3. The quantitative estimate of drug-likeness (QED) is 0.680. The smallest absolute Gasteiger partial charge is 0.213 e. The van der Waals surface area contributed by atoms with E-state index < -0.39 is 15.3 Å². The number of nitriles is 1. The van der Waals surface area contributed by atoms with Gasteiger partial charge in [-0.1, -0.05) is 34.1 Å². The third-order valence-corrected chi connectivity index (χ3v) is 6.31. The van der Waals surface area contributed by atoms with E-state index in [1.54, 1.807) is 13.8 Å². The lowest BCUT2D eigenvalue weighted by Gasteiger charge is -2.12. The molecule has 0 aliphatic carbocycles. The van der Waals surface area contributed by atoms with Crippen LogP contribution >= 0.6 is 15.9 Å². The highest BCUT2D eigenvalue weighted by atomic mass is 79.9. The van der Waals surface area contributed by atoms with Gasteiger partial charge in [0.05, 0.1) is 16.9 Å². The number of aryl methyl sites for hydroxylation is 1. The van der Waals surface area contributed by atoms with Crippen LogP contribution in [-0.2, 0) is 16.4 Å². The lowest BCUT2D eigenvalue weighted by molar-refractivity contribution is 0.570. The molecule has 25 heavy (non-hydrogen) atoms. The van der Waals surface area contributed by atoms with Crippen LogP contribution in [0.15, 0.2) is 46.9 Å². The van der Waals surface area contributed by atoms with Crippen LogP contribution < -0.4 is 4.72 Å². The van der Waals surface area contributed by atoms with Gasteiger partial charge in [-0.05, 0) is 67.6 Å². The van der Waals surface area contributed by atoms with E-state index in [9.17, 15) is 8.42 Å². The van der Waals surface area contributed by atoms with Crippen molar-refractivity contribution in [3.63, 3.8) is 0 Å². The summed E-state index contributed by atoms with van der Waals surface area (Å²) in [5, 5.41) is 8.71. The van der Waals surface area contributed by atoms with E-state index in [2.05, 4.69) is 26.7 Å². The first-order chi connectivity index (χ1) is 11.8. The van der Waals surface area contributed by atoms with Gasteiger partial charge in [-0.25, -0.2) is 13.1 Å². The molecule has 0 fully saturated rings. The van der Waals surface area contributed by atoms with Crippen LogP contribution in [0.5, 0.6) is 0 Å². The van der Waals surface area contributed by atoms with E-state index in [0.717, 1.165) is 21.2 Å². The lowest BCUT2D eigenvalue weighted by Crippen LogP contribution is -2.31. The highest BCUT2D eigenvalue weighted by molar-refractivity contribution is 9.10. The highest BCUT2D eigenvalue weighted by Crippen LogP contribution is 2.27. The van der Waals surface area contributed by atoms with Gasteiger partial charge < -0.3 is 0 Å². The van der Waals surface area contributed by atoms with Crippen LogP contribution in [0.4, 0.5) is 0 Å². The van der Waals surface area contributed by atoms with Crippen molar-refractivity contribution in [1.82, 2.24) is 4.72 Å². The molecule has 0 aliphatic heterocycles. The van der Waals surface area contributed by atoms with Crippen molar-refractivity contribution in [2.45, 2.75) is 31.9 Å². The number of nitrogens with one attached hydrogen (secondary N) is 1. The van der Waals surface area contributed by atoms with Crippen molar-refractivity contribution in [1.29, 1.82) is 5.26 Å². The second kappa shape index (κ2) is 8.61. The molecule has 132 valence electrons. The van der Waals surface area contributed by atoms with Crippen LogP contribution in [0.25, 0.3) is 11.1 Å². The summed E-state index contributed by atoms with van der Waals surface area (Å²) >= 11 is 3.43. The van der Waals surface area contributed by atoms with Gasteiger partial charge in [-0.3, -0.25) is 0 Å². The average molecular weight is 421 g/mol. The van der Waals surface area contributed by atoms with Gasteiger partial charge in [0.15, 0.2) is 0 Å². The number of sulfonamides is 1. The molecule has 2 aromatic carbocycles. The van der Waals surface area contributed by atoms with Crippen molar-refractivity contribution < 1.29 is 8.42 Å². The van der Waals surface area contributed by atoms with Crippen LogP contribution in [0.3, 0.4) is 0 Å². The number of rotatable bonds is 7. The Morgan fingerprint density at radius 1 is 1.16 bits per heavy atom. The Morgan fingerprint density at radius 3 is 2.44 bits per heavy atom. The molecule has 1 N–H and O–H groups in total. The Morgan fingerprint density at radius 2 is 1.84 bits per heavy atom. The minimum absolute atomic E-state index is 0.386. The molecular weight excluding hydrogens is 400 g/mol. The zero-order chi connectivity index (χ0) is 18.4. The predicted molar refractivity (Wildman–Crippen MR) is 105 cm³/mol. The van der Waals surface area contributed by atoms with Crippen LogP contribution in [0, 0.1) is 11.3 Å². The first kappa shape index (κ1) is 19.6. The minimum Gasteiger partial charge on any atom is -0.215 e. The zero-order valence-corrected chi connectivity index (χ0v) is 16.7. The second-order valence-corrected chi connectivity index (χ2v) is 9.32. The Hall–Kier alpha value is -1.68. The molecule has 0 spiro atoms. The Bertz CT molecular complexity index is 869. The van der Waals surface area contributed by atoms with E-state index in [4.69, 9.17) is 5.26 Å². The first-order valence-corrected chi connectivity index (χ1v) is 10.4. The summed E-state index contributed by atoms with van der Waals surface area (Å²) in [5.41, 5.74) is 3.80. The van der Waals surface area contributed by atoms with E-state index in [1.807, 2.05) is 42.5 Å². The number of hydrogen-bond donors (Lipinski definition) is 1. The molecule has 0 atom stereocenters. The average Bonchev–Trinajstić information content (AvgIpc) is 2.59. The fourth-order valence-electron chi connectivity index (χ4n) is 2.44. The molecule has 0 radical (unpaired) electrons. The number of halogens is 1. The van der Waals surface area contributed by atoms with Gasteiger partial charge in [0.1, 0.15) is 0 Å². The van der Waals surface area contributed by atoms with E-state index in [1.165, 1.54) is 0 Å². The topological polar surface area (TPSA) is 70.0 Å². The van der Waals surface area contributed by atoms with Crippen LogP contribution in [-0.4, -0.2) is 20.2 Å². The van der Waals surface area contributed by atoms with Crippen molar-refractivity contribution in [3.8, 4) is 17.2 Å². The summed E-state index contributed by atoms with van der Waals surface area (Å²) in [6.45, 7) is 3.70. The Kier molecular flexibility index (Phi) is 6.77. The first-order valence-electron chi connectivity index (χ1n) is 8.11. The van der Waals surface area contributed by atoms with E-state index in [0.29, 0.717) is 24.9 Å². The maximum atomic E-state index is 11.8. The molecule has 0 saturated carbocycles. The molecule has 0 aliphatic rings. The highest BCUT2D eigenvalue weighted by Gasteiger charge is 2.14. The molecule has 0 unspecified atom stereocenters. The summed E-state index contributed by atoms with van der Waals surface area (Å²) in [4.78, 5) is 0. The fourth-order valence-corrected chi connectivity index (χ4v) is 3.47. The number of benzene rings is 2. The number of nitrogens with zero attached hydrogens (tertiary/aromatic N) is 1. The third kappa shape index (κ3) is 5.40. The molecule has 0 amide bonds. The van der Waals surface area contributed by atoms with E-state index >= 15 is 0 Å². The maximum absolute atomic E-state index is 11.8. The Labute approximate surface area is 158 Å². The van der Waals surface area contributed by atoms with Crippen molar-refractivity contribution in [2.75, 3.05) is 6.54 Å². The lowest BCUT2D eigenvalue weighted by atomic mass is 9.95. The normalized spacial score (nSPS) is 11.5. The molecule has 2 rings (SSSR count). The van der Waals surface area contributed by atoms with Crippen molar-refractivity contribution in [2.24, 2.45) is 0 Å². The second-order valence-electron chi connectivity index (χ2n) is 6.08. The summed E-state index contributed by atoms with van der Waals surface area (Å²) in [6.07, 6.45) is 1.37. The predicted octanol–water partition coefficient (Wildman–Crippen LogP) is 4.25. The SMILES string of the molecule is CC(C)S(=O)(=O)NCCCc1cc(C#N)ccc1-c1ccc(Br)cc1. The molecular formula is C19H21BrN2O2S.